The van der Waals surface area contributed by atoms with Crippen LogP contribution < -0.4 is 5.32 Å². The highest BCUT2D eigenvalue weighted by Crippen LogP contribution is 2.15. The van der Waals surface area contributed by atoms with Crippen LogP contribution in [0.1, 0.15) is 24.0 Å². The normalized spacial score (nSPS) is 17.0. The summed E-state index contributed by atoms with van der Waals surface area (Å²) in [4.78, 5) is 2.45. The smallest absolute Gasteiger partial charge is 0.0713 e. The van der Waals surface area contributed by atoms with Crippen LogP contribution in [0.2, 0.25) is 0 Å². The third-order valence-electron chi connectivity index (χ3n) is 3.78. The molecule has 3 heteroatoms. The lowest BCUT2D eigenvalue weighted by molar-refractivity contribution is 0.184. The van der Waals surface area contributed by atoms with E-state index in [-0.39, 0.29) is 0 Å². The van der Waals surface area contributed by atoms with Gasteiger partial charge >= 0.3 is 0 Å². The van der Waals surface area contributed by atoms with Crippen LogP contribution in [0.25, 0.3) is 0 Å². The quantitative estimate of drug-likeness (QED) is 0.851. The molecular formula is C16H26N2O. The summed E-state index contributed by atoms with van der Waals surface area (Å²) in [5.41, 5.74) is 2.64. The second-order valence-electron chi connectivity index (χ2n) is 5.64. The molecule has 0 saturated carbocycles. The summed E-state index contributed by atoms with van der Waals surface area (Å²) in [6, 6.07) is 8.71. The number of piperidine rings is 1. The van der Waals surface area contributed by atoms with Crippen LogP contribution in [0.3, 0.4) is 0 Å². The second kappa shape index (κ2) is 7.63. The summed E-state index contributed by atoms with van der Waals surface area (Å²) in [5.74, 6) is 0.855. The molecule has 0 unspecified atom stereocenters. The van der Waals surface area contributed by atoms with Crippen LogP contribution in [0.15, 0.2) is 24.3 Å². The molecule has 0 aromatic heterocycles. The van der Waals surface area contributed by atoms with Gasteiger partial charge in [0.05, 0.1) is 6.61 Å². The zero-order valence-electron chi connectivity index (χ0n) is 12.2. The van der Waals surface area contributed by atoms with E-state index in [4.69, 9.17) is 4.74 Å². The van der Waals surface area contributed by atoms with E-state index in [9.17, 15) is 0 Å². The largest absolute Gasteiger partial charge is 0.380 e. The van der Waals surface area contributed by atoms with Gasteiger partial charge in [-0.2, -0.15) is 0 Å². The Bertz CT molecular complexity index is 375. The van der Waals surface area contributed by atoms with E-state index in [2.05, 4.69) is 41.5 Å². The summed E-state index contributed by atoms with van der Waals surface area (Å²) >= 11 is 0. The molecule has 1 aromatic rings. The zero-order chi connectivity index (χ0) is 13.5. The predicted octanol–water partition coefficient (Wildman–Crippen LogP) is 2.26. The SMILES string of the molecule is COCc1cccc(CN(C)CC2CCNCC2)c1. The molecule has 1 N–H and O–H groups in total. The molecule has 106 valence electrons. The third kappa shape index (κ3) is 4.94. The van der Waals surface area contributed by atoms with Gasteiger partial charge in [0.2, 0.25) is 0 Å². The molecule has 0 bridgehead atoms. The molecular weight excluding hydrogens is 236 g/mol. The Hall–Kier alpha value is -0.900. The molecule has 0 amide bonds. The first-order valence-corrected chi connectivity index (χ1v) is 7.24. The molecule has 0 spiro atoms. The molecule has 0 aliphatic carbocycles. The number of nitrogens with one attached hydrogen (secondary N) is 1. The lowest BCUT2D eigenvalue weighted by Gasteiger charge is -2.27. The maximum absolute atomic E-state index is 5.19. The van der Waals surface area contributed by atoms with Crippen LogP contribution in [0.4, 0.5) is 0 Å². The van der Waals surface area contributed by atoms with Crippen molar-refractivity contribution in [3.05, 3.63) is 35.4 Å². The molecule has 1 saturated heterocycles. The fraction of sp³-hybridized carbons (Fsp3) is 0.625. The molecule has 0 atom stereocenters. The van der Waals surface area contributed by atoms with Gasteiger partial charge in [-0.1, -0.05) is 24.3 Å². The van der Waals surface area contributed by atoms with E-state index in [0.29, 0.717) is 6.61 Å². The van der Waals surface area contributed by atoms with Gasteiger partial charge in [-0.3, -0.25) is 0 Å². The molecule has 2 rings (SSSR count). The molecule has 1 aliphatic heterocycles. The Kier molecular flexibility index (Phi) is 5.83. The molecule has 19 heavy (non-hydrogen) atoms. The number of methoxy groups -OCH3 is 1. The first-order valence-electron chi connectivity index (χ1n) is 7.24. The topological polar surface area (TPSA) is 24.5 Å². The summed E-state index contributed by atoms with van der Waals surface area (Å²) in [6.45, 7) is 5.30. The fourth-order valence-corrected chi connectivity index (χ4v) is 2.87. The van der Waals surface area contributed by atoms with E-state index >= 15 is 0 Å². The van der Waals surface area contributed by atoms with E-state index in [1.807, 2.05) is 0 Å². The lowest BCUT2D eigenvalue weighted by Crippen LogP contribution is -2.34. The van der Waals surface area contributed by atoms with Crippen molar-refractivity contribution in [3.8, 4) is 0 Å². The fourth-order valence-electron chi connectivity index (χ4n) is 2.87. The average Bonchev–Trinajstić information content (AvgIpc) is 2.40. The first kappa shape index (κ1) is 14.5. The number of hydrogen-bond donors (Lipinski definition) is 1. The summed E-state index contributed by atoms with van der Waals surface area (Å²) < 4.78 is 5.19. The van der Waals surface area contributed by atoms with Crippen molar-refractivity contribution < 1.29 is 4.74 Å². The van der Waals surface area contributed by atoms with Crippen molar-refractivity contribution in [2.75, 3.05) is 33.8 Å². The van der Waals surface area contributed by atoms with Gasteiger partial charge < -0.3 is 15.0 Å². The van der Waals surface area contributed by atoms with Crippen molar-refractivity contribution in [3.63, 3.8) is 0 Å². The predicted molar refractivity (Wildman–Crippen MR) is 79.1 cm³/mol. The maximum atomic E-state index is 5.19. The molecule has 1 aromatic carbocycles. The number of hydrogen-bond acceptors (Lipinski definition) is 3. The van der Waals surface area contributed by atoms with Crippen molar-refractivity contribution in [1.82, 2.24) is 10.2 Å². The van der Waals surface area contributed by atoms with Gasteiger partial charge in [-0.05, 0) is 50.0 Å². The van der Waals surface area contributed by atoms with Crippen LogP contribution >= 0.6 is 0 Å². The van der Waals surface area contributed by atoms with E-state index in [1.54, 1.807) is 7.11 Å². The summed E-state index contributed by atoms with van der Waals surface area (Å²) in [5, 5.41) is 3.43. The van der Waals surface area contributed by atoms with E-state index < -0.39 is 0 Å². The lowest BCUT2D eigenvalue weighted by atomic mass is 9.97. The molecule has 3 nitrogen and oxygen atoms in total. The van der Waals surface area contributed by atoms with Crippen LogP contribution in [-0.4, -0.2) is 38.7 Å². The molecule has 0 radical (unpaired) electrons. The molecule has 1 fully saturated rings. The highest BCUT2D eigenvalue weighted by molar-refractivity contribution is 5.22. The van der Waals surface area contributed by atoms with Crippen molar-refractivity contribution >= 4 is 0 Å². The van der Waals surface area contributed by atoms with E-state index in [1.165, 1.54) is 43.6 Å². The maximum Gasteiger partial charge on any atom is 0.0713 e. The van der Waals surface area contributed by atoms with Gasteiger partial charge in [0, 0.05) is 20.2 Å². The van der Waals surface area contributed by atoms with Gasteiger partial charge in [0.1, 0.15) is 0 Å². The minimum atomic E-state index is 0.700. The second-order valence-corrected chi connectivity index (χ2v) is 5.64. The number of benzene rings is 1. The zero-order valence-corrected chi connectivity index (χ0v) is 12.2. The highest BCUT2D eigenvalue weighted by Gasteiger charge is 2.15. The van der Waals surface area contributed by atoms with Crippen LogP contribution in [-0.2, 0) is 17.9 Å². The number of ether oxygens (including phenoxy) is 1. The van der Waals surface area contributed by atoms with Crippen LogP contribution in [0.5, 0.6) is 0 Å². The highest BCUT2D eigenvalue weighted by atomic mass is 16.5. The van der Waals surface area contributed by atoms with Crippen molar-refractivity contribution in [1.29, 1.82) is 0 Å². The van der Waals surface area contributed by atoms with Crippen molar-refractivity contribution in [2.24, 2.45) is 5.92 Å². The minimum Gasteiger partial charge on any atom is -0.380 e. The number of nitrogens with zero attached hydrogens (tertiary/aromatic N) is 1. The van der Waals surface area contributed by atoms with Gasteiger partial charge in [0.25, 0.3) is 0 Å². The Morgan fingerprint density at radius 1 is 1.26 bits per heavy atom. The Labute approximate surface area is 116 Å². The molecule has 1 heterocycles. The molecule has 1 aliphatic rings. The van der Waals surface area contributed by atoms with E-state index in [0.717, 1.165) is 12.5 Å². The van der Waals surface area contributed by atoms with Gasteiger partial charge in [-0.15, -0.1) is 0 Å². The average molecular weight is 262 g/mol. The Morgan fingerprint density at radius 3 is 2.74 bits per heavy atom. The summed E-state index contributed by atoms with van der Waals surface area (Å²) in [6.07, 6.45) is 2.63. The Morgan fingerprint density at radius 2 is 2.00 bits per heavy atom. The summed E-state index contributed by atoms with van der Waals surface area (Å²) in [7, 11) is 3.97. The van der Waals surface area contributed by atoms with Gasteiger partial charge in [-0.25, -0.2) is 0 Å². The van der Waals surface area contributed by atoms with Crippen LogP contribution in [0, 0.1) is 5.92 Å². The monoisotopic (exact) mass is 262 g/mol. The standard InChI is InChI=1S/C16H26N2O/c1-18(11-14-6-8-17-9-7-14)12-15-4-3-5-16(10-15)13-19-2/h3-5,10,14,17H,6-9,11-13H2,1-2H3. The minimum absolute atomic E-state index is 0.700. The van der Waals surface area contributed by atoms with Crippen molar-refractivity contribution in [2.45, 2.75) is 26.0 Å². The Balaban J connectivity index is 1.83. The number of rotatable bonds is 6. The first-order chi connectivity index (χ1) is 9.28. The van der Waals surface area contributed by atoms with Gasteiger partial charge in [0.15, 0.2) is 0 Å². The third-order valence-corrected chi connectivity index (χ3v) is 3.78.